The van der Waals surface area contributed by atoms with Crippen molar-refractivity contribution in [2.75, 3.05) is 5.43 Å². The van der Waals surface area contributed by atoms with E-state index in [1.165, 1.54) is 0 Å². The van der Waals surface area contributed by atoms with E-state index in [1.807, 2.05) is 91.0 Å². The third kappa shape index (κ3) is 4.19. The number of nitrogens with one attached hydrogen (secondary N) is 1. The summed E-state index contributed by atoms with van der Waals surface area (Å²) in [6.45, 7) is 0. The molecule has 4 rings (SSSR count). The molecule has 0 atom stereocenters. The molecule has 6 heteroatoms. The summed E-state index contributed by atoms with van der Waals surface area (Å²) in [6, 6.07) is 28.9. The molecule has 3 aromatic carbocycles. The van der Waals surface area contributed by atoms with Crippen LogP contribution in [0.2, 0.25) is 0 Å². The molecule has 6 nitrogen and oxygen atoms in total. The molecule has 0 bridgehead atoms. The van der Waals surface area contributed by atoms with Gasteiger partial charge in [-0.1, -0.05) is 84.0 Å². The van der Waals surface area contributed by atoms with Crippen molar-refractivity contribution < 1.29 is 4.52 Å². The topological polar surface area (TPSA) is 75.1 Å². The van der Waals surface area contributed by atoms with Gasteiger partial charge in [0, 0.05) is 5.56 Å². The first kappa shape index (κ1) is 17.4. The van der Waals surface area contributed by atoms with Crippen LogP contribution in [0.1, 0.15) is 5.56 Å². The van der Waals surface area contributed by atoms with Gasteiger partial charge in [0.05, 0.1) is 11.9 Å². The van der Waals surface area contributed by atoms with Crippen LogP contribution in [0.4, 0.5) is 17.3 Å². The lowest BCUT2D eigenvalue weighted by Crippen LogP contribution is -1.89. The Balaban J connectivity index is 1.65. The largest absolute Gasteiger partial charge is 0.334 e. The number of nitrogens with zero attached hydrogens (tertiary/aromatic N) is 4. The van der Waals surface area contributed by atoms with Gasteiger partial charge in [0.1, 0.15) is 5.69 Å². The van der Waals surface area contributed by atoms with Crippen LogP contribution in [-0.2, 0) is 0 Å². The Hall–Kier alpha value is -4.06. The van der Waals surface area contributed by atoms with Gasteiger partial charge in [-0.05, 0) is 17.7 Å². The SMILES string of the molecule is C(=N\Nc1onc(-c2ccccc2)c1N=Nc1ccccc1)/c1ccccc1. The fourth-order valence-electron chi connectivity index (χ4n) is 2.54. The van der Waals surface area contributed by atoms with Crippen LogP contribution in [0.15, 0.2) is 111 Å². The number of hydrazone groups is 1. The summed E-state index contributed by atoms with van der Waals surface area (Å²) in [5, 5.41) is 17.0. The monoisotopic (exact) mass is 367 g/mol. The van der Waals surface area contributed by atoms with E-state index < -0.39 is 0 Å². The van der Waals surface area contributed by atoms with Crippen LogP contribution in [0, 0.1) is 0 Å². The maximum atomic E-state index is 5.45. The molecule has 0 radical (unpaired) electrons. The zero-order valence-electron chi connectivity index (χ0n) is 14.9. The summed E-state index contributed by atoms with van der Waals surface area (Å²) in [5.74, 6) is 0.325. The molecule has 0 amide bonds. The van der Waals surface area contributed by atoms with Crippen molar-refractivity contribution >= 4 is 23.5 Å². The molecule has 0 fully saturated rings. The lowest BCUT2D eigenvalue weighted by Gasteiger charge is -1.98. The normalized spacial score (nSPS) is 11.3. The summed E-state index contributed by atoms with van der Waals surface area (Å²) < 4.78 is 5.45. The lowest BCUT2D eigenvalue weighted by molar-refractivity contribution is 0.435. The fourth-order valence-corrected chi connectivity index (χ4v) is 2.54. The molecule has 0 aliphatic rings. The molecule has 0 unspecified atom stereocenters. The molecule has 4 aromatic rings. The summed E-state index contributed by atoms with van der Waals surface area (Å²) in [4.78, 5) is 0. The Kier molecular flexibility index (Phi) is 5.30. The highest BCUT2D eigenvalue weighted by atomic mass is 16.5. The van der Waals surface area contributed by atoms with Crippen molar-refractivity contribution in [2.45, 2.75) is 0 Å². The minimum Gasteiger partial charge on any atom is -0.334 e. The van der Waals surface area contributed by atoms with Gasteiger partial charge in [-0.2, -0.15) is 10.2 Å². The van der Waals surface area contributed by atoms with Crippen LogP contribution in [0.25, 0.3) is 11.3 Å². The number of aromatic nitrogens is 1. The van der Waals surface area contributed by atoms with E-state index in [2.05, 4.69) is 25.9 Å². The van der Waals surface area contributed by atoms with E-state index in [1.54, 1.807) is 6.21 Å². The Morgan fingerprint density at radius 3 is 2.11 bits per heavy atom. The number of hydrogen-bond donors (Lipinski definition) is 1. The lowest BCUT2D eigenvalue weighted by atomic mass is 10.1. The molecule has 1 N–H and O–H groups in total. The van der Waals surface area contributed by atoms with E-state index in [-0.39, 0.29) is 0 Å². The summed E-state index contributed by atoms with van der Waals surface area (Å²) >= 11 is 0. The summed E-state index contributed by atoms with van der Waals surface area (Å²) in [6.07, 6.45) is 1.70. The zero-order chi connectivity index (χ0) is 19.0. The Labute approximate surface area is 162 Å². The highest BCUT2D eigenvalue weighted by molar-refractivity contribution is 5.82. The van der Waals surface area contributed by atoms with E-state index >= 15 is 0 Å². The maximum absolute atomic E-state index is 5.45. The van der Waals surface area contributed by atoms with Crippen LogP contribution < -0.4 is 5.43 Å². The highest BCUT2D eigenvalue weighted by Crippen LogP contribution is 2.37. The molecule has 1 heterocycles. The number of anilines is 1. The molecular weight excluding hydrogens is 350 g/mol. The van der Waals surface area contributed by atoms with E-state index in [0.29, 0.717) is 17.3 Å². The van der Waals surface area contributed by atoms with Crippen molar-refractivity contribution in [1.82, 2.24) is 5.16 Å². The smallest absolute Gasteiger partial charge is 0.273 e. The molecule has 28 heavy (non-hydrogen) atoms. The van der Waals surface area contributed by atoms with Gasteiger partial charge in [0.2, 0.25) is 0 Å². The molecule has 1 aromatic heterocycles. The average molecular weight is 367 g/mol. The van der Waals surface area contributed by atoms with Gasteiger partial charge in [-0.15, -0.1) is 5.11 Å². The third-order valence-electron chi connectivity index (χ3n) is 3.92. The number of azo groups is 1. The molecule has 0 aliphatic heterocycles. The highest BCUT2D eigenvalue weighted by Gasteiger charge is 2.17. The average Bonchev–Trinajstić information content (AvgIpc) is 3.17. The molecule has 136 valence electrons. The predicted molar refractivity (Wildman–Crippen MR) is 110 cm³/mol. The second-order valence-electron chi connectivity index (χ2n) is 5.89. The number of hydrogen-bond acceptors (Lipinski definition) is 6. The second kappa shape index (κ2) is 8.55. The van der Waals surface area contributed by atoms with E-state index in [4.69, 9.17) is 4.52 Å². The summed E-state index contributed by atoms with van der Waals surface area (Å²) in [5.41, 5.74) is 6.54. The minimum absolute atomic E-state index is 0.325. The van der Waals surface area contributed by atoms with Crippen LogP contribution in [0.3, 0.4) is 0 Å². The van der Waals surface area contributed by atoms with Gasteiger partial charge in [0.25, 0.3) is 5.88 Å². The van der Waals surface area contributed by atoms with Gasteiger partial charge in [0.15, 0.2) is 5.69 Å². The molecular formula is C22H17N5O. The van der Waals surface area contributed by atoms with Crippen molar-refractivity contribution in [1.29, 1.82) is 0 Å². The van der Waals surface area contributed by atoms with Crippen LogP contribution in [0.5, 0.6) is 0 Å². The Morgan fingerprint density at radius 2 is 1.39 bits per heavy atom. The first-order chi connectivity index (χ1) is 13.9. The first-order valence-corrected chi connectivity index (χ1v) is 8.76. The van der Waals surface area contributed by atoms with Crippen LogP contribution >= 0.6 is 0 Å². The van der Waals surface area contributed by atoms with Crippen molar-refractivity contribution in [3.63, 3.8) is 0 Å². The zero-order valence-corrected chi connectivity index (χ0v) is 14.9. The third-order valence-corrected chi connectivity index (χ3v) is 3.92. The number of rotatable bonds is 6. The maximum Gasteiger partial charge on any atom is 0.273 e. The van der Waals surface area contributed by atoms with Gasteiger partial charge < -0.3 is 4.52 Å². The molecule has 0 spiro atoms. The predicted octanol–water partition coefficient (Wildman–Crippen LogP) is 6.20. The summed E-state index contributed by atoms with van der Waals surface area (Å²) in [7, 11) is 0. The van der Waals surface area contributed by atoms with Gasteiger partial charge >= 0.3 is 0 Å². The van der Waals surface area contributed by atoms with E-state index in [9.17, 15) is 0 Å². The van der Waals surface area contributed by atoms with Gasteiger partial charge in [-0.25, -0.2) is 5.43 Å². The molecule has 0 saturated carbocycles. The van der Waals surface area contributed by atoms with E-state index in [0.717, 1.165) is 16.8 Å². The fraction of sp³-hybridized carbons (Fsp3) is 0. The standard InChI is InChI=1S/C22H17N5O/c1-4-10-17(11-5-1)16-23-26-22-21(25-24-19-14-8-3-9-15-19)20(27-28-22)18-12-6-2-7-13-18/h1-16,26H/b23-16+,25-24?. The Bertz CT molecular complexity index is 1070. The Morgan fingerprint density at radius 1 is 0.750 bits per heavy atom. The van der Waals surface area contributed by atoms with Crippen LogP contribution in [-0.4, -0.2) is 11.4 Å². The second-order valence-corrected chi connectivity index (χ2v) is 5.89. The quantitative estimate of drug-likeness (QED) is 0.250. The number of benzene rings is 3. The first-order valence-electron chi connectivity index (χ1n) is 8.76. The van der Waals surface area contributed by atoms with Crippen molar-refractivity contribution in [3.05, 3.63) is 96.6 Å². The van der Waals surface area contributed by atoms with Gasteiger partial charge in [-0.3, -0.25) is 0 Å². The molecule has 0 saturated heterocycles. The van der Waals surface area contributed by atoms with Crippen molar-refractivity contribution in [2.24, 2.45) is 15.3 Å². The molecule has 0 aliphatic carbocycles. The van der Waals surface area contributed by atoms with Crippen molar-refractivity contribution in [3.8, 4) is 11.3 Å². The minimum atomic E-state index is 0.325.